The third-order valence-electron chi connectivity index (χ3n) is 5.36. The van der Waals surface area contributed by atoms with E-state index in [-0.39, 0.29) is 11.8 Å². The Bertz CT molecular complexity index is 937. The van der Waals surface area contributed by atoms with Crippen molar-refractivity contribution in [2.75, 3.05) is 5.32 Å². The summed E-state index contributed by atoms with van der Waals surface area (Å²) in [7, 11) is 0. The molecule has 0 bridgehead atoms. The van der Waals surface area contributed by atoms with Crippen molar-refractivity contribution in [3.63, 3.8) is 0 Å². The Kier molecular flexibility index (Phi) is 5.50. The van der Waals surface area contributed by atoms with Gasteiger partial charge in [0.2, 0.25) is 0 Å². The molecule has 27 heavy (non-hydrogen) atoms. The van der Waals surface area contributed by atoms with Crippen molar-refractivity contribution in [1.29, 1.82) is 0 Å². The number of benzene rings is 2. The zero-order valence-corrected chi connectivity index (χ0v) is 16.8. The summed E-state index contributed by atoms with van der Waals surface area (Å²) in [5, 5.41) is 6.57. The molecule has 0 fully saturated rings. The molecule has 0 spiro atoms. The molecule has 1 heterocycles. The maximum atomic E-state index is 13.2. The van der Waals surface area contributed by atoms with E-state index >= 15 is 0 Å². The standard InChI is InChI=1S/C24H28N2O/c1-6-19-22(20-13-9-7-11-15(20)2)17(4)25-18(5)23(19)24(27)26-21-14-10-8-12-16(21)3/h7-14,19,25H,6H2,1-5H3,(H,26,27)/t19-/m1/s1. The summed E-state index contributed by atoms with van der Waals surface area (Å²) >= 11 is 0. The third-order valence-corrected chi connectivity index (χ3v) is 5.36. The number of rotatable bonds is 4. The molecule has 0 aromatic heterocycles. The van der Waals surface area contributed by atoms with Crippen LogP contribution < -0.4 is 10.6 Å². The molecule has 0 radical (unpaired) electrons. The molecule has 0 saturated heterocycles. The normalized spacial score (nSPS) is 17.0. The van der Waals surface area contributed by atoms with Gasteiger partial charge in [0, 0.05) is 28.6 Å². The minimum atomic E-state index is -0.0280. The van der Waals surface area contributed by atoms with Gasteiger partial charge in [0.15, 0.2) is 0 Å². The zero-order valence-electron chi connectivity index (χ0n) is 16.8. The number of nitrogens with one attached hydrogen (secondary N) is 2. The summed E-state index contributed by atoms with van der Waals surface area (Å²) < 4.78 is 0. The highest BCUT2D eigenvalue weighted by Gasteiger charge is 2.31. The smallest absolute Gasteiger partial charge is 0.253 e. The summed E-state index contributed by atoms with van der Waals surface area (Å²) in [6.07, 6.45) is 0.872. The van der Waals surface area contributed by atoms with Gasteiger partial charge in [-0.2, -0.15) is 0 Å². The van der Waals surface area contributed by atoms with E-state index in [9.17, 15) is 4.79 Å². The number of allylic oxidation sites excluding steroid dienone is 3. The molecule has 1 atom stereocenters. The summed E-state index contributed by atoms with van der Waals surface area (Å²) in [6.45, 7) is 10.4. The molecular weight excluding hydrogens is 332 g/mol. The second-order valence-electron chi connectivity index (χ2n) is 7.25. The quantitative estimate of drug-likeness (QED) is 0.747. The summed E-state index contributed by atoms with van der Waals surface area (Å²) in [4.78, 5) is 13.2. The topological polar surface area (TPSA) is 41.1 Å². The fourth-order valence-electron chi connectivity index (χ4n) is 3.99. The number of hydrogen-bond acceptors (Lipinski definition) is 2. The van der Waals surface area contributed by atoms with E-state index in [4.69, 9.17) is 0 Å². The Labute approximate surface area is 162 Å². The van der Waals surface area contributed by atoms with Crippen molar-refractivity contribution in [3.05, 3.63) is 82.2 Å². The SMILES string of the molecule is CC[C@H]1C(C(=O)Nc2ccccc2C)=C(C)NC(C)=C1c1ccccc1C. The molecule has 1 amide bonds. The molecular formula is C24H28N2O. The van der Waals surface area contributed by atoms with Gasteiger partial charge in [0.25, 0.3) is 5.91 Å². The average Bonchev–Trinajstić information content (AvgIpc) is 2.63. The number of hydrogen-bond donors (Lipinski definition) is 2. The first-order chi connectivity index (χ1) is 12.9. The first-order valence-electron chi connectivity index (χ1n) is 9.55. The predicted octanol–water partition coefficient (Wildman–Crippen LogP) is 5.58. The molecule has 0 saturated carbocycles. The van der Waals surface area contributed by atoms with Crippen molar-refractivity contribution >= 4 is 17.2 Å². The van der Waals surface area contributed by atoms with Crippen LogP contribution in [-0.4, -0.2) is 5.91 Å². The lowest BCUT2D eigenvalue weighted by molar-refractivity contribution is -0.113. The van der Waals surface area contributed by atoms with Crippen LogP contribution in [0.15, 0.2) is 65.5 Å². The van der Waals surface area contributed by atoms with Crippen LogP contribution in [0.25, 0.3) is 5.57 Å². The number of dihydropyridines is 1. The minimum Gasteiger partial charge on any atom is -0.362 e. The molecule has 1 aliphatic heterocycles. The Balaban J connectivity index is 2.00. The van der Waals surface area contributed by atoms with Crippen LogP contribution in [0.1, 0.15) is 43.9 Å². The van der Waals surface area contributed by atoms with Crippen LogP contribution in [-0.2, 0) is 4.79 Å². The first kappa shape index (κ1) is 19.0. The Morgan fingerprint density at radius 2 is 1.56 bits per heavy atom. The van der Waals surface area contributed by atoms with E-state index < -0.39 is 0 Å². The molecule has 2 aromatic rings. The van der Waals surface area contributed by atoms with Gasteiger partial charge in [0.05, 0.1) is 0 Å². The van der Waals surface area contributed by atoms with Crippen LogP contribution >= 0.6 is 0 Å². The molecule has 0 unspecified atom stereocenters. The Morgan fingerprint density at radius 3 is 2.19 bits per heavy atom. The predicted molar refractivity (Wildman–Crippen MR) is 113 cm³/mol. The maximum Gasteiger partial charge on any atom is 0.253 e. The molecule has 2 N–H and O–H groups in total. The number of carbonyl (C=O) groups excluding carboxylic acids is 1. The fraction of sp³-hybridized carbons (Fsp3) is 0.292. The Morgan fingerprint density at radius 1 is 0.926 bits per heavy atom. The van der Waals surface area contributed by atoms with Crippen LogP contribution in [0.3, 0.4) is 0 Å². The molecule has 3 rings (SSSR count). The lowest BCUT2D eigenvalue weighted by Gasteiger charge is -2.32. The number of amides is 1. The third kappa shape index (κ3) is 3.68. The van der Waals surface area contributed by atoms with Crippen LogP contribution in [0.2, 0.25) is 0 Å². The van der Waals surface area contributed by atoms with Gasteiger partial charge in [-0.05, 0) is 62.4 Å². The van der Waals surface area contributed by atoms with Gasteiger partial charge >= 0.3 is 0 Å². The molecule has 140 valence electrons. The largest absolute Gasteiger partial charge is 0.362 e. The minimum absolute atomic E-state index is 0.0280. The van der Waals surface area contributed by atoms with E-state index in [2.05, 4.69) is 55.7 Å². The van der Waals surface area contributed by atoms with E-state index in [0.29, 0.717) is 0 Å². The maximum absolute atomic E-state index is 13.2. The van der Waals surface area contributed by atoms with E-state index in [0.717, 1.165) is 34.6 Å². The lowest BCUT2D eigenvalue weighted by Crippen LogP contribution is -2.31. The van der Waals surface area contributed by atoms with Gasteiger partial charge in [-0.25, -0.2) is 0 Å². The second-order valence-corrected chi connectivity index (χ2v) is 7.25. The highest BCUT2D eigenvalue weighted by molar-refractivity contribution is 6.07. The molecule has 1 aliphatic rings. The second kappa shape index (κ2) is 7.83. The molecule has 2 aromatic carbocycles. The molecule has 3 heteroatoms. The van der Waals surface area contributed by atoms with Crippen molar-refractivity contribution in [3.8, 4) is 0 Å². The van der Waals surface area contributed by atoms with Gasteiger partial charge in [0.1, 0.15) is 0 Å². The van der Waals surface area contributed by atoms with E-state index in [1.807, 2.05) is 38.1 Å². The van der Waals surface area contributed by atoms with Gasteiger partial charge in [-0.3, -0.25) is 4.79 Å². The number of anilines is 1. The number of para-hydroxylation sites is 1. The van der Waals surface area contributed by atoms with Crippen LogP contribution in [0.4, 0.5) is 5.69 Å². The highest BCUT2D eigenvalue weighted by atomic mass is 16.1. The average molecular weight is 361 g/mol. The molecule has 0 aliphatic carbocycles. The van der Waals surface area contributed by atoms with Crippen molar-refractivity contribution in [2.45, 2.75) is 41.0 Å². The zero-order chi connectivity index (χ0) is 19.6. The fourth-order valence-corrected chi connectivity index (χ4v) is 3.99. The van der Waals surface area contributed by atoms with E-state index in [1.165, 1.54) is 16.7 Å². The highest BCUT2D eigenvalue weighted by Crippen LogP contribution is 2.39. The van der Waals surface area contributed by atoms with Gasteiger partial charge in [-0.1, -0.05) is 49.4 Å². The Hall–Kier alpha value is -2.81. The summed E-state index contributed by atoms with van der Waals surface area (Å²) in [5.41, 5.74) is 8.46. The van der Waals surface area contributed by atoms with Crippen LogP contribution in [0, 0.1) is 19.8 Å². The summed E-state index contributed by atoms with van der Waals surface area (Å²) in [6, 6.07) is 16.3. The van der Waals surface area contributed by atoms with Gasteiger partial charge < -0.3 is 10.6 Å². The summed E-state index contributed by atoms with van der Waals surface area (Å²) in [5.74, 6) is 0.0381. The van der Waals surface area contributed by atoms with Crippen LogP contribution in [0.5, 0.6) is 0 Å². The number of aryl methyl sites for hydroxylation is 2. The molecule has 3 nitrogen and oxygen atoms in total. The number of carbonyl (C=O) groups is 1. The lowest BCUT2D eigenvalue weighted by atomic mass is 9.79. The first-order valence-corrected chi connectivity index (χ1v) is 9.55. The van der Waals surface area contributed by atoms with Crippen molar-refractivity contribution < 1.29 is 4.79 Å². The van der Waals surface area contributed by atoms with Gasteiger partial charge in [-0.15, -0.1) is 0 Å². The van der Waals surface area contributed by atoms with Crippen molar-refractivity contribution in [2.24, 2.45) is 5.92 Å². The van der Waals surface area contributed by atoms with Crippen molar-refractivity contribution in [1.82, 2.24) is 5.32 Å². The monoisotopic (exact) mass is 360 g/mol. The van der Waals surface area contributed by atoms with E-state index in [1.54, 1.807) is 0 Å².